The van der Waals surface area contributed by atoms with Crippen LogP contribution in [0.2, 0.25) is 10.0 Å². The van der Waals surface area contributed by atoms with Gasteiger partial charge in [0.2, 0.25) is 23.6 Å². The number of epoxide rings is 2. The van der Waals surface area contributed by atoms with Crippen molar-refractivity contribution in [2.24, 2.45) is 11.8 Å². The highest BCUT2D eigenvalue weighted by Crippen LogP contribution is 2.51. The van der Waals surface area contributed by atoms with E-state index in [1.165, 1.54) is 97.6 Å². The lowest BCUT2D eigenvalue weighted by Crippen LogP contribution is -2.63. The molecule has 2 aromatic rings. The monoisotopic (exact) mass is 1470 g/mol. The molecular weight excluding hydrogens is 1380 g/mol. The molecule has 0 aromatic heterocycles. The molecule has 6 aliphatic heterocycles. The van der Waals surface area contributed by atoms with Crippen LogP contribution in [0.5, 0.6) is 11.5 Å². The maximum Gasteiger partial charge on any atom is 0.409 e. The topological polar surface area (TPSA) is 313 Å². The number of anilines is 2. The van der Waals surface area contributed by atoms with E-state index in [1.54, 1.807) is 90.4 Å². The second-order valence-corrected chi connectivity index (χ2v) is 30.4. The first-order chi connectivity index (χ1) is 47.1. The number of hydrogen-bond donors (Lipinski definition) is 4. The fraction of sp³-hybridized carbons (Fsp3) is 0.600. The normalized spacial score (nSPS) is 32.5. The number of nitrogens with zero attached hydrogens (tertiary/aromatic N) is 4. The number of hydrogen-bond acceptors (Lipinski definition) is 22. The number of benzene rings is 2. The average Bonchev–Trinajstić information content (AvgIpc) is 1.58. The number of amides is 6. The van der Waals surface area contributed by atoms with Crippen LogP contribution in [0.3, 0.4) is 0 Å². The average molecular weight is 1470 g/mol. The summed E-state index contributed by atoms with van der Waals surface area (Å²) in [5, 5.41) is 29.3. The molecule has 8 bridgehead atoms. The standard InChI is InChI=1S/C70H94Cl2N6O20S2/c1-37-19-17-21-51(91-15)69(87)35-49(93-65(85)73-69)39(3)61-67(7,97-61)53(33-57(81)77(11)45-29-43(27-37)31-47(89-13)59(45)71)95-63(83)41(5)75(9)55(79)23-25-99-100-26-24-56(80)76(10)42(6)64(84)96-54-34-58(82)78(12)46-30-44(32-48(90-14)60(46)72)28-38(2)20-18-22-52(92-16)70(88)36-50(94-66(86)74-70)40(4)62-68(54,8)98-62/h17-22,29-32,39-42,49-54,61-62,87-88H,23-28,33-36H2,1-16H3,(H,73,85)(H,74,86)/b21-17+,22-18+,37-19+,38-20+/t39-,40-,41+,42+,49+,50+,51-,52-,53+,54+,61+,62+,67+,68+,69+,70+/m1/s1. The van der Waals surface area contributed by atoms with Crippen molar-refractivity contribution in [3.63, 3.8) is 0 Å². The van der Waals surface area contributed by atoms with E-state index in [9.17, 15) is 48.6 Å². The lowest BCUT2D eigenvalue weighted by molar-refractivity contribution is -0.162. The van der Waals surface area contributed by atoms with E-state index in [-0.39, 0.29) is 47.2 Å². The minimum atomic E-state index is -1.90. The summed E-state index contributed by atoms with van der Waals surface area (Å²) in [5.41, 5.74) is -2.54. The third kappa shape index (κ3) is 17.9. The molecule has 2 aromatic carbocycles. The van der Waals surface area contributed by atoms with Gasteiger partial charge < -0.3 is 77.2 Å². The van der Waals surface area contributed by atoms with Crippen LogP contribution in [0.1, 0.15) is 105 Å². The van der Waals surface area contributed by atoms with E-state index in [0.717, 1.165) is 22.3 Å². The molecule has 16 atom stereocenters. The van der Waals surface area contributed by atoms with Crippen molar-refractivity contribution >= 4 is 104 Å². The molecular formula is C70H94Cl2N6O20S2. The second-order valence-electron chi connectivity index (χ2n) is 27.0. The highest BCUT2D eigenvalue weighted by Gasteiger charge is 2.66. The number of alkyl carbamates (subject to hydrolysis) is 2. The van der Waals surface area contributed by atoms with Gasteiger partial charge in [0.05, 0.1) is 50.6 Å². The minimum Gasteiger partial charge on any atom is -0.495 e. The van der Waals surface area contributed by atoms with Crippen molar-refractivity contribution in [2.75, 3.05) is 77.9 Å². The zero-order valence-corrected chi connectivity index (χ0v) is 62.5. The van der Waals surface area contributed by atoms with Crippen molar-refractivity contribution in [3.8, 4) is 11.5 Å². The number of carbonyl (C=O) groups is 8. The summed E-state index contributed by atoms with van der Waals surface area (Å²) in [5.74, 6) is -3.52. The number of carbonyl (C=O) groups excluding carboxylic acids is 8. The molecule has 4 N–H and O–H groups in total. The number of rotatable bonds is 17. The van der Waals surface area contributed by atoms with E-state index in [1.807, 2.05) is 26.0 Å². The van der Waals surface area contributed by atoms with E-state index >= 15 is 0 Å². The second kappa shape index (κ2) is 32.8. The molecule has 0 aliphatic carbocycles. The van der Waals surface area contributed by atoms with Crippen LogP contribution in [-0.2, 0) is 79.5 Å². The van der Waals surface area contributed by atoms with Crippen LogP contribution in [0.4, 0.5) is 21.0 Å². The molecule has 4 saturated heterocycles. The van der Waals surface area contributed by atoms with Crippen LogP contribution in [0.15, 0.2) is 71.9 Å². The Bertz CT molecular complexity index is 3340. The lowest BCUT2D eigenvalue weighted by Gasteiger charge is -2.42. The van der Waals surface area contributed by atoms with Crippen LogP contribution in [-0.4, -0.2) is 219 Å². The van der Waals surface area contributed by atoms with Gasteiger partial charge in [-0.25, -0.2) is 19.2 Å². The van der Waals surface area contributed by atoms with Crippen LogP contribution < -0.4 is 29.9 Å². The number of nitrogens with one attached hydrogen (secondary N) is 2. The van der Waals surface area contributed by atoms with Gasteiger partial charge >= 0.3 is 24.1 Å². The number of allylic oxidation sites excluding steroid dienone is 6. The molecule has 100 heavy (non-hydrogen) atoms. The summed E-state index contributed by atoms with van der Waals surface area (Å²) in [6, 6.07) is 4.75. The summed E-state index contributed by atoms with van der Waals surface area (Å²) in [4.78, 5) is 117. The number of esters is 2. The number of methoxy groups -OCH3 is 4. The summed E-state index contributed by atoms with van der Waals surface area (Å²) < 4.78 is 59.2. The first kappa shape index (κ1) is 79.1. The van der Waals surface area contributed by atoms with Gasteiger partial charge in [-0.3, -0.25) is 29.8 Å². The van der Waals surface area contributed by atoms with Crippen LogP contribution in [0.25, 0.3) is 0 Å². The summed E-state index contributed by atoms with van der Waals surface area (Å²) in [6.07, 6.45) is 0.390. The molecule has 0 unspecified atom stereocenters. The molecule has 550 valence electrons. The largest absolute Gasteiger partial charge is 0.495 e. The zero-order chi connectivity index (χ0) is 73.7. The number of fused-ring (bicyclic) bond motifs is 10. The van der Waals surface area contributed by atoms with Gasteiger partial charge in [-0.05, 0) is 89.8 Å². The SMILES string of the molecule is COc1cc2cc(c1Cl)N(C)C(=O)C[C@H](OC(=O)[C@H](C)N(C)C(=O)CCSSCCC(=O)N(C)[C@@H](C)C(=O)O[C@H]1CC(=O)N(C)c3cc(cc(OC)c3Cl)C/C(C)=C/C=C/[C@@H](OC)[C@@]3(O)C[C@H](OC(=O)N3)[C@@H](C)[C@@H]3O[C@@]13C)[C@]1(C)O[C@H]1[C@H](C)[C@@H]1C[C@@](O)(NC(=O)O1)[C@H](OC)/C=C/C=C(\C)C2. The quantitative estimate of drug-likeness (QED) is 0.0381. The predicted molar refractivity (Wildman–Crippen MR) is 376 cm³/mol. The van der Waals surface area contributed by atoms with Crippen molar-refractivity contribution in [1.29, 1.82) is 0 Å². The van der Waals surface area contributed by atoms with Gasteiger partial charge in [-0.15, -0.1) is 0 Å². The Morgan fingerprint density at radius 2 is 1.00 bits per heavy atom. The molecule has 6 aliphatic rings. The Labute approximate surface area is 601 Å². The Kier molecular flexibility index (Phi) is 25.9. The Morgan fingerprint density at radius 3 is 1.34 bits per heavy atom. The van der Waals surface area contributed by atoms with Crippen molar-refractivity contribution < 1.29 is 95.9 Å². The first-order valence-corrected chi connectivity index (χ1v) is 36.3. The Hall–Kier alpha value is -6.60. The number of likely N-dealkylation sites (N-methyl/N-ethyl adjacent to an activating group) is 2. The zero-order valence-electron chi connectivity index (χ0n) is 59.4. The molecule has 30 heteroatoms. The Balaban J connectivity index is 0.887. The number of ether oxygens (including phenoxy) is 10. The molecule has 6 amide bonds. The molecule has 0 saturated carbocycles. The lowest BCUT2D eigenvalue weighted by atomic mass is 9.83. The summed E-state index contributed by atoms with van der Waals surface area (Å²) in [6.45, 7) is 13.7. The van der Waals surface area contributed by atoms with Crippen molar-refractivity contribution in [1.82, 2.24) is 20.4 Å². The fourth-order valence-electron chi connectivity index (χ4n) is 13.2. The maximum atomic E-state index is 14.5. The highest BCUT2D eigenvalue weighted by molar-refractivity contribution is 8.76. The minimum absolute atomic E-state index is 0.0149. The fourth-order valence-corrected chi connectivity index (χ4v) is 15.7. The van der Waals surface area contributed by atoms with E-state index < -0.39 is 156 Å². The van der Waals surface area contributed by atoms with Crippen LogP contribution in [0, 0.1) is 11.8 Å². The smallest absolute Gasteiger partial charge is 0.409 e. The van der Waals surface area contributed by atoms with Gasteiger partial charge in [-0.2, -0.15) is 0 Å². The van der Waals surface area contributed by atoms with Gasteiger partial charge in [0.1, 0.15) is 81.5 Å². The molecule has 0 radical (unpaired) electrons. The third-order valence-corrected chi connectivity index (χ3v) is 23.1. The predicted octanol–water partition coefficient (Wildman–Crippen LogP) is 8.20. The van der Waals surface area contributed by atoms with Crippen LogP contribution >= 0.6 is 44.8 Å². The van der Waals surface area contributed by atoms with Gasteiger partial charge in [0.25, 0.3) is 0 Å². The van der Waals surface area contributed by atoms with Crippen molar-refractivity contribution in [2.45, 2.75) is 190 Å². The van der Waals surface area contributed by atoms with E-state index in [0.29, 0.717) is 35.7 Å². The van der Waals surface area contributed by atoms with Crippen molar-refractivity contribution in [3.05, 3.63) is 93.0 Å². The van der Waals surface area contributed by atoms with Gasteiger partial charge in [0, 0.05) is 91.4 Å². The molecule has 8 rings (SSSR count). The van der Waals surface area contributed by atoms with E-state index in [4.69, 9.17) is 70.6 Å². The maximum absolute atomic E-state index is 14.5. The highest BCUT2D eigenvalue weighted by atomic mass is 35.5. The van der Waals surface area contributed by atoms with Gasteiger partial charge in [0.15, 0.2) is 11.4 Å². The molecule has 6 heterocycles. The Morgan fingerprint density at radius 1 is 0.640 bits per heavy atom. The first-order valence-electron chi connectivity index (χ1n) is 33.0. The molecule has 4 fully saturated rings. The summed E-state index contributed by atoms with van der Waals surface area (Å²) in [7, 11) is 14.4. The summed E-state index contributed by atoms with van der Waals surface area (Å²) >= 11 is 13.7. The van der Waals surface area contributed by atoms with E-state index in [2.05, 4.69) is 10.6 Å². The van der Waals surface area contributed by atoms with Gasteiger partial charge in [-0.1, -0.05) is 106 Å². The number of aliphatic hydroxyl groups is 2. The molecule has 26 nitrogen and oxygen atoms in total. The molecule has 0 spiro atoms. The number of halogens is 2. The third-order valence-electron chi connectivity index (χ3n) is 19.9.